The summed E-state index contributed by atoms with van der Waals surface area (Å²) in [5.41, 5.74) is 24.0. The molecule has 7 aromatic carbocycles. The summed E-state index contributed by atoms with van der Waals surface area (Å²) in [6.07, 6.45) is 5.64. The van der Waals surface area contributed by atoms with Gasteiger partial charge in [0, 0.05) is 35.3 Å². The number of hydrogen-bond donors (Lipinski definition) is 0. The lowest BCUT2D eigenvalue weighted by atomic mass is 9.85. The Morgan fingerprint density at radius 3 is 1.08 bits per heavy atom. The van der Waals surface area contributed by atoms with Crippen LogP contribution in [0.15, 0.2) is 219 Å². The van der Waals surface area contributed by atoms with Gasteiger partial charge in [0.25, 0.3) is 0 Å². The Hall–Kier alpha value is -8.01. The Labute approximate surface area is 389 Å². The lowest BCUT2D eigenvalue weighted by Crippen LogP contribution is -2.11. The van der Waals surface area contributed by atoms with Gasteiger partial charge in [0.1, 0.15) is 0 Å². The maximum atomic E-state index is 4.77. The van der Waals surface area contributed by atoms with E-state index in [1.165, 1.54) is 61.2 Å². The van der Waals surface area contributed by atoms with E-state index in [1.807, 2.05) is 42.9 Å². The lowest BCUT2D eigenvalue weighted by molar-refractivity contribution is 0.589. The summed E-state index contributed by atoms with van der Waals surface area (Å²) in [6, 6.07) is 72.4. The van der Waals surface area contributed by atoms with E-state index < -0.39 is 0 Å². The molecule has 0 aliphatic heterocycles. The first-order valence-corrected chi connectivity index (χ1v) is 22.7. The normalized spacial score (nSPS) is 11.4. The van der Waals surface area contributed by atoms with Gasteiger partial charge in [0.15, 0.2) is 0 Å². The van der Waals surface area contributed by atoms with Crippen molar-refractivity contribution >= 4 is 0 Å². The van der Waals surface area contributed by atoms with Crippen molar-refractivity contribution in [2.75, 3.05) is 0 Å². The van der Waals surface area contributed by atoms with Crippen LogP contribution >= 0.6 is 0 Å². The van der Waals surface area contributed by atoms with E-state index in [1.54, 1.807) is 0 Å². The molecule has 0 spiro atoms. The molecule has 0 unspecified atom stereocenters. The number of aryl methyl sites for hydroxylation is 2. The summed E-state index contributed by atoms with van der Waals surface area (Å²) in [5, 5.41) is 0. The molecule has 0 bridgehead atoms. The minimum atomic E-state index is 0.0397. The van der Waals surface area contributed by atoms with Crippen molar-refractivity contribution in [2.45, 2.75) is 40.0 Å². The Morgan fingerprint density at radius 2 is 0.652 bits per heavy atom. The summed E-state index contributed by atoms with van der Waals surface area (Å²) in [5.74, 6) is 0. The van der Waals surface area contributed by atoms with Crippen LogP contribution < -0.4 is 0 Å². The molecular weight excluding hydrogens is 799 g/mol. The molecule has 3 heterocycles. The maximum absolute atomic E-state index is 4.77. The molecule has 0 saturated carbocycles. The predicted molar refractivity (Wildman–Crippen MR) is 277 cm³/mol. The molecule has 10 aromatic rings. The number of pyridine rings is 3. The van der Waals surface area contributed by atoms with Crippen molar-refractivity contribution in [3.05, 3.63) is 235 Å². The quantitative estimate of drug-likeness (QED) is 0.145. The highest BCUT2D eigenvalue weighted by Gasteiger charge is 2.19. The molecule has 3 nitrogen and oxygen atoms in total. The second-order valence-electron chi connectivity index (χ2n) is 18.2. The molecular formula is C63H51N3. The molecule has 66 heavy (non-hydrogen) atoms. The second kappa shape index (κ2) is 17.9. The summed E-state index contributed by atoms with van der Waals surface area (Å²) >= 11 is 0. The van der Waals surface area contributed by atoms with Crippen LogP contribution in [0.2, 0.25) is 0 Å². The summed E-state index contributed by atoms with van der Waals surface area (Å²) < 4.78 is 0. The molecule has 3 aromatic heterocycles. The number of hydrogen-bond acceptors (Lipinski definition) is 3. The fourth-order valence-electron chi connectivity index (χ4n) is 9.21. The van der Waals surface area contributed by atoms with Crippen LogP contribution in [0.4, 0.5) is 0 Å². The molecule has 0 atom stereocenters. The van der Waals surface area contributed by atoms with Crippen LogP contribution in [0.3, 0.4) is 0 Å². The van der Waals surface area contributed by atoms with Crippen LogP contribution in [0.1, 0.15) is 37.5 Å². The maximum Gasteiger partial charge on any atom is 0.0704 e. The third-order valence-electron chi connectivity index (χ3n) is 12.7. The zero-order chi connectivity index (χ0) is 45.2. The fraction of sp³-hybridized carbons (Fsp3) is 0.0952. The molecule has 10 rings (SSSR count). The van der Waals surface area contributed by atoms with Gasteiger partial charge < -0.3 is 0 Å². The van der Waals surface area contributed by atoms with Crippen molar-refractivity contribution in [1.29, 1.82) is 0 Å². The van der Waals surface area contributed by atoms with Gasteiger partial charge in [-0.05, 0) is 169 Å². The van der Waals surface area contributed by atoms with Crippen molar-refractivity contribution in [3.63, 3.8) is 0 Å². The van der Waals surface area contributed by atoms with Crippen LogP contribution in [-0.4, -0.2) is 15.0 Å². The monoisotopic (exact) mass is 849 g/mol. The minimum Gasteiger partial charge on any atom is -0.256 e. The number of benzene rings is 7. The number of aromatic nitrogens is 3. The van der Waals surface area contributed by atoms with Gasteiger partial charge in [-0.2, -0.15) is 0 Å². The fourth-order valence-corrected chi connectivity index (χ4v) is 9.21. The highest BCUT2D eigenvalue weighted by molar-refractivity contribution is 5.95. The van der Waals surface area contributed by atoms with Gasteiger partial charge in [0.05, 0.1) is 17.1 Å². The molecule has 0 fully saturated rings. The van der Waals surface area contributed by atoms with Crippen LogP contribution in [0, 0.1) is 13.8 Å². The smallest absolute Gasteiger partial charge is 0.0704 e. The molecule has 0 saturated heterocycles. The SMILES string of the molecule is Cc1cc(-c2ccccn2)ccc1-c1ccccc1-c1cc(-c2ccccc2-c2ccc(-c3cc(C(C)(C)C)ccn3)cc2)cc(-c2ccccc2-c2ccc(-c3ccccn3)cc2C)c1. The average molecular weight is 850 g/mol. The third-order valence-corrected chi connectivity index (χ3v) is 12.7. The minimum absolute atomic E-state index is 0.0397. The van der Waals surface area contributed by atoms with E-state index in [4.69, 9.17) is 4.98 Å². The van der Waals surface area contributed by atoms with E-state index in [9.17, 15) is 0 Å². The van der Waals surface area contributed by atoms with E-state index in [-0.39, 0.29) is 5.41 Å². The zero-order valence-electron chi connectivity index (χ0n) is 38.1. The molecule has 0 radical (unpaired) electrons. The topological polar surface area (TPSA) is 38.7 Å². The largest absolute Gasteiger partial charge is 0.256 e. The summed E-state index contributed by atoms with van der Waals surface area (Å²) in [6.45, 7) is 11.1. The first-order valence-electron chi connectivity index (χ1n) is 22.7. The number of rotatable bonds is 9. The standard InChI is InChI=1S/C63H51N3/c1-42-36-46(60-22-12-14-33-64-60)28-30-52(42)58-20-10-8-18-56(58)49-38-48(55-17-7-6-16-54(55)44-24-26-45(27-25-44)62-41-51(32-35-66-62)63(3,4)5)39-50(40-49)57-19-9-11-21-59(57)53-31-29-47(37-43(53)2)61-23-13-15-34-65-61/h6-41H,1-5H3. The lowest BCUT2D eigenvalue weighted by Gasteiger charge is -2.19. The Kier molecular flexibility index (Phi) is 11.4. The first kappa shape index (κ1) is 42.0. The molecule has 0 amide bonds. The summed E-state index contributed by atoms with van der Waals surface area (Å²) in [7, 11) is 0. The van der Waals surface area contributed by atoms with Gasteiger partial charge in [-0.1, -0.05) is 154 Å². The highest BCUT2D eigenvalue weighted by atomic mass is 14.7. The van der Waals surface area contributed by atoms with Crippen LogP contribution in [0.25, 0.3) is 101 Å². The molecule has 318 valence electrons. The van der Waals surface area contributed by atoms with Gasteiger partial charge in [-0.15, -0.1) is 0 Å². The Bertz CT molecular complexity index is 3190. The Morgan fingerprint density at radius 1 is 0.273 bits per heavy atom. The average Bonchev–Trinajstić information content (AvgIpc) is 3.36. The van der Waals surface area contributed by atoms with Gasteiger partial charge in [-0.3, -0.25) is 15.0 Å². The van der Waals surface area contributed by atoms with Gasteiger partial charge in [-0.25, -0.2) is 0 Å². The van der Waals surface area contributed by atoms with E-state index in [2.05, 4.69) is 221 Å². The highest BCUT2D eigenvalue weighted by Crippen LogP contribution is 2.44. The predicted octanol–water partition coefficient (Wildman–Crippen LogP) is 16.8. The van der Waals surface area contributed by atoms with Crippen molar-refractivity contribution < 1.29 is 0 Å². The first-order chi connectivity index (χ1) is 32.2. The third kappa shape index (κ3) is 8.52. The van der Waals surface area contributed by atoms with Gasteiger partial charge >= 0.3 is 0 Å². The van der Waals surface area contributed by atoms with Crippen molar-refractivity contribution in [2.24, 2.45) is 0 Å². The van der Waals surface area contributed by atoms with Crippen molar-refractivity contribution in [1.82, 2.24) is 15.0 Å². The van der Waals surface area contributed by atoms with Crippen LogP contribution in [0.5, 0.6) is 0 Å². The zero-order valence-corrected chi connectivity index (χ0v) is 38.1. The van der Waals surface area contributed by atoms with E-state index in [0.717, 1.165) is 56.0 Å². The van der Waals surface area contributed by atoms with Crippen LogP contribution in [-0.2, 0) is 5.41 Å². The molecule has 0 aliphatic rings. The Balaban J connectivity index is 1.13. The van der Waals surface area contributed by atoms with E-state index in [0.29, 0.717) is 0 Å². The molecule has 3 heteroatoms. The number of nitrogens with zero attached hydrogens (tertiary/aromatic N) is 3. The molecule has 0 aliphatic carbocycles. The summed E-state index contributed by atoms with van der Waals surface area (Å²) in [4.78, 5) is 14.0. The van der Waals surface area contributed by atoms with Crippen molar-refractivity contribution in [3.8, 4) is 101 Å². The second-order valence-corrected chi connectivity index (χ2v) is 18.2. The van der Waals surface area contributed by atoms with E-state index >= 15 is 0 Å². The van der Waals surface area contributed by atoms with Gasteiger partial charge in [0.2, 0.25) is 0 Å². The molecule has 0 N–H and O–H groups in total.